The van der Waals surface area contributed by atoms with Crippen molar-refractivity contribution in [1.29, 1.82) is 0 Å². The molecule has 0 saturated carbocycles. The molecule has 166 valence electrons. The molecule has 1 heterocycles. The number of amides is 1. The van der Waals surface area contributed by atoms with Crippen molar-refractivity contribution in [2.24, 2.45) is 0 Å². The van der Waals surface area contributed by atoms with Gasteiger partial charge in [-0.2, -0.15) is 0 Å². The molecule has 0 bridgehead atoms. The number of hydrogen-bond donors (Lipinski definition) is 2. The van der Waals surface area contributed by atoms with Gasteiger partial charge in [0.25, 0.3) is 0 Å². The Kier molecular flexibility index (Phi) is 7.05. The lowest BCUT2D eigenvalue weighted by Crippen LogP contribution is -2.27. The number of hydrogen-bond acceptors (Lipinski definition) is 6. The second-order valence-corrected chi connectivity index (χ2v) is 8.30. The standard InChI is InChI=1S/C23H28N2O6/c1-12-18(14(3)26)13(2)24-19(12)20(27)15(4)30-21(28)16-9-8-10-17(11-16)25-22(29)31-23(5,6)7/h8-11,15,24H,1-7H3,(H,25,29). The number of nitrogens with one attached hydrogen (secondary N) is 2. The molecule has 8 nitrogen and oxygen atoms in total. The Morgan fingerprint density at radius 3 is 2.29 bits per heavy atom. The number of ether oxygens (including phenoxy) is 2. The number of aromatic nitrogens is 1. The van der Waals surface area contributed by atoms with Gasteiger partial charge >= 0.3 is 12.1 Å². The third-order valence-electron chi connectivity index (χ3n) is 4.43. The van der Waals surface area contributed by atoms with E-state index in [1.807, 2.05) is 0 Å². The van der Waals surface area contributed by atoms with Crippen molar-refractivity contribution in [2.45, 2.75) is 60.2 Å². The number of aromatic amines is 1. The van der Waals surface area contributed by atoms with Crippen LogP contribution in [0.2, 0.25) is 0 Å². The van der Waals surface area contributed by atoms with Crippen LogP contribution >= 0.6 is 0 Å². The Hall–Kier alpha value is -3.42. The molecule has 2 aromatic rings. The van der Waals surface area contributed by atoms with Crippen LogP contribution in [0.15, 0.2) is 24.3 Å². The van der Waals surface area contributed by atoms with Gasteiger partial charge in [-0.3, -0.25) is 14.9 Å². The van der Waals surface area contributed by atoms with Gasteiger partial charge in [-0.25, -0.2) is 9.59 Å². The highest BCUT2D eigenvalue weighted by Gasteiger charge is 2.26. The quantitative estimate of drug-likeness (QED) is 0.513. The molecule has 1 aromatic heterocycles. The maximum Gasteiger partial charge on any atom is 0.412 e. The molecule has 0 spiro atoms. The molecule has 0 aliphatic rings. The summed E-state index contributed by atoms with van der Waals surface area (Å²) in [7, 11) is 0. The van der Waals surface area contributed by atoms with E-state index >= 15 is 0 Å². The Bertz CT molecular complexity index is 1030. The van der Waals surface area contributed by atoms with Crippen LogP contribution in [0.5, 0.6) is 0 Å². The molecule has 1 atom stereocenters. The summed E-state index contributed by atoms with van der Waals surface area (Å²) in [6, 6.07) is 6.12. The number of aryl methyl sites for hydroxylation is 1. The van der Waals surface area contributed by atoms with Gasteiger partial charge in [0.15, 0.2) is 11.9 Å². The van der Waals surface area contributed by atoms with Crippen LogP contribution in [0.25, 0.3) is 0 Å². The second-order valence-electron chi connectivity index (χ2n) is 8.30. The number of benzene rings is 1. The highest BCUT2D eigenvalue weighted by atomic mass is 16.6. The van der Waals surface area contributed by atoms with Crippen LogP contribution in [-0.4, -0.2) is 40.3 Å². The average Bonchev–Trinajstić information content (AvgIpc) is 2.93. The normalized spacial score (nSPS) is 12.1. The van der Waals surface area contributed by atoms with Crippen molar-refractivity contribution in [1.82, 2.24) is 4.98 Å². The minimum absolute atomic E-state index is 0.149. The second kappa shape index (κ2) is 9.16. The minimum Gasteiger partial charge on any atom is -0.451 e. The zero-order valence-corrected chi connectivity index (χ0v) is 18.8. The number of ketones is 2. The van der Waals surface area contributed by atoms with Gasteiger partial charge < -0.3 is 14.5 Å². The molecule has 2 rings (SSSR count). The number of anilines is 1. The van der Waals surface area contributed by atoms with Crippen LogP contribution in [0.1, 0.15) is 77.1 Å². The lowest BCUT2D eigenvalue weighted by molar-refractivity contribution is 0.0316. The van der Waals surface area contributed by atoms with E-state index in [0.29, 0.717) is 22.5 Å². The van der Waals surface area contributed by atoms with E-state index in [0.717, 1.165) is 0 Å². The van der Waals surface area contributed by atoms with Gasteiger partial charge in [0.05, 0.1) is 11.3 Å². The SMILES string of the molecule is CC(=O)c1c(C)[nH]c(C(=O)C(C)OC(=O)c2cccc(NC(=O)OC(C)(C)C)c2)c1C. The van der Waals surface area contributed by atoms with Crippen molar-refractivity contribution >= 4 is 29.3 Å². The molecule has 0 saturated heterocycles. The van der Waals surface area contributed by atoms with E-state index in [1.165, 1.54) is 26.0 Å². The molecule has 0 aliphatic heterocycles. The van der Waals surface area contributed by atoms with E-state index in [9.17, 15) is 19.2 Å². The fraction of sp³-hybridized carbons (Fsp3) is 0.391. The third kappa shape index (κ3) is 6.04. The zero-order valence-electron chi connectivity index (χ0n) is 18.8. The molecule has 0 aliphatic carbocycles. The number of Topliss-reactive ketones (excluding diaryl/α,β-unsaturated/α-hetero) is 2. The highest BCUT2D eigenvalue weighted by Crippen LogP contribution is 2.21. The molecule has 8 heteroatoms. The lowest BCUT2D eigenvalue weighted by atomic mass is 10.0. The molecule has 1 amide bonds. The van der Waals surface area contributed by atoms with E-state index in [2.05, 4.69) is 10.3 Å². The van der Waals surface area contributed by atoms with Crippen LogP contribution in [0, 0.1) is 13.8 Å². The fourth-order valence-electron chi connectivity index (χ4n) is 3.16. The van der Waals surface area contributed by atoms with E-state index in [1.54, 1.807) is 46.8 Å². The van der Waals surface area contributed by atoms with E-state index in [-0.39, 0.29) is 17.0 Å². The third-order valence-corrected chi connectivity index (χ3v) is 4.43. The lowest BCUT2D eigenvalue weighted by Gasteiger charge is -2.19. The van der Waals surface area contributed by atoms with Gasteiger partial charge in [0.2, 0.25) is 5.78 Å². The maximum absolute atomic E-state index is 12.8. The number of rotatable bonds is 6. The maximum atomic E-state index is 12.8. The van der Waals surface area contributed by atoms with Gasteiger partial charge in [-0.05, 0) is 72.2 Å². The monoisotopic (exact) mass is 428 g/mol. The van der Waals surface area contributed by atoms with Crippen molar-refractivity contribution < 1.29 is 28.7 Å². The summed E-state index contributed by atoms with van der Waals surface area (Å²) >= 11 is 0. The molecular formula is C23H28N2O6. The molecule has 31 heavy (non-hydrogen) atoms. The predicted octanol–water partition coefficient (Wildman–Crippen LogP) is 4.61. The Morgan fingerprint density at radius 1 is 1.10 bits per heavy atom. The fourth-order valence-corrected chi connectivity index (χ4v) is 3.16. The smallest absolute Gasteiger partial charge is 0.412 e. The van der Waals surface area contributed by atoms with Crippen LogP contribution < -0.4 is 5.32 Å². The van der Waals surface area contributed by atoms with Crippen LogP contribution in [-0.2, 0) is 9.47 Å². The number of carbonyl (C=O) groups is 4. The van der Waals surface area contributed by atoms with Crippen molar-refractivity contribution in [3.8, 4) is 0 Å². The largest absolute Gasteiger partial charge is 0.451 e. The van der Waals surface area contributed by atoms with Gasteiger partial charge in [0, 0.05) is 16.9 Å². The summed E-state index contributed by atoms with van der Waals surface area (Å²) in [6.45, 7) is 11.5. The van der Waals surface area contributed by atoms with Crippen molar-refractivity contribution in [3.63, 3.8) is 0 Å². The summed E-state index contributed by atoms with van der Waals surface area (Å²) in [5.41, 5.74) is 1.68. The van der Waals surface area contributed by atoms with Gasteiger partial charge in [-0.1, -0.05) is 6.07 Å². The van der Waals surface area contributed by atoms with Crippen LogP contribution in [0.3, 0.4) is 0 Å². The summed E-state index contributed by atoms with van der Waals surface area (Å²) < 4.78 is 10.5. The van der Waals surface area contributed by atoms with Crippen molar-refractivity contribution in [2.75, 3.05) is 5.32 Å². The van der Waals surface area contributed by atoms with Gasteiger partial charge in [0.1, 0.15) is 5.60 Å². The summed E-state index contributed by atoms with van der Waals surface area (Å²) in [4.78, 5) is 51.9. The summed E-state index contributed by atoms with van der Waals surface area (Å²) in [5, 5.41) is 2.55. The topological polar surface area (TPSA) is 115 Å². The first-order chi connectivity index (χ1) is 14.3. The molecular weight excluding hydrogens is 400 g/mol. The molecule has 1 unspecified atom stereocenters. The molecule has 0 radical (unpaired) electrons. The highest BCUT2D eigenvalue weighted by molar-refractivity contribution is 6.05. The Labute approximate surface area is 181 Å². The number of H-pyrrole nitrogens is 1. The van der Waals surface area contributed by atoms with E-state index in [4.69, 9.17) is 9.47 Å². The number of carbonyl (C=O) groups excluding carboxylic acids is 4. The zero-order chi connectivity index (χ0) is 23.5. The summed E-state index contributed by atoms with van der Waals surface area (Å²) in [5.74, 6) is -1.31. The minimum atomic E-state index is -1.08. The Balaban J connectivity index is 2.11. The molecule has 0 fully saturated rings. The average molecular weight is 428 g/mol. The van der Waals surface area contributed by atoms with Crippen molar-refractivity contribution in [3.05, 3.63) is 52.3 Å². The van der Waals surface area contributed by atoms with Crippen LogP contribution in [0.4, 0.5) is 10.5 Å². The molecule has 1 aromatic carbocycles. The first-order valence-corrected chi connectivity index (χ1v) is 9.85. The van der Waals surface area contributed by atoms with E-state index < -0.39 is 29.6 Å². The predicted molar refractivity (Wildman–Crippen MR) is 116 cm³/mol. The first kappa shape index (κ1) is 23.9. The Morgan fingerprint density at radius 2 is 1.74 bits per heavy atom. The first-order valence-electron chi connectivity index (χ1n) is 9.85. The number of esters is 1. The van der Waals surface area contributed by atoms with Gasteiger partial charge in [-0.15, -0.1) is 0 Å². The summed E-state index contributed by atoms with van der Waals surface area (Å²) in [6.07, 6.45) is -1.73. The molecule has 2 N–H and O–H groups in total.